The van der Waals surface area contributed by atoms with Crippen LogP contribution in [-0.2, 0) is 10.2 Å². The second kappa shape index (κ2) is 5.68. The number of rotatable bonds is 6. The number of nitrogens with one attached hydrogen (secondary N) is 2. The molecule has 2 N–H and O–H groups in total. The third-order valence-electron chi connectivity index (χ3n) is 5.07. The Labute approximate surface area is 126 Å². The molecule has 0 spiro atoms. The number of carbonyl (C=O) groups is 1. The Morgan fingerprint density at radius 2 is 2.14 bits per heavy atom. The Hall–Kier alpha value is -1.55. The fraction of sp³-hybridized carbons (Fsp3) is 0.588. The third-order valence-corrected chi connectivity index (χ3v) is 5.07. The van der Waals surface area contributed by atoms with Gasteiger partial charge in [-0.1, -0.05) is 25.1 Å². The number of hydrogen-bond donors (Lipinski definition) is 2. The maximum atomic E-state index is 12.3. The maximum absolute atomic E-state index is 12.3. The smallest absolute Gasteiger partial charge is 0.223 e. The summed E-state index contributed by atoms with van der Waals surface area (Å²) in [7, 11) is 1.71. The Bertz CT molecular complexity index is 521. The predicted molar refractivity (Wildman–Crippen MR) is 82.4 cm³/mol. The largest absolute Gasteiger partial charge is 0.496 e. The van der Waals surface area contributed by atoms with E-state index in [0.717, 1.165) is 38.2 Å². The minimum Gasteiger partial charge on any atom is -0.496 e. The fourth-order valence-corrected chi connectivity index (χ4v) is 3.07. The number of para-hydroxylation sites is 1. The van der Waals surface area contributed by atoms with E-state index in [9.17, 15) is 4.79 Å². The van der Waals surface area contributed by atoms with Crippen LogP contribution in [0.5, 0.6) is 5.75 Å². The summed E-state index contributed by atoms with van der Waals surface area (Å²) in [6.07, 6.45) is 2.24. The molecular weight excluding hydrogens is 264 g/mol. The Balaban J connectivity index is 1.63. The molecule has 1 aromatic rings. The second-order valence-corrected chi connectivity index (χ2v) is 6.41. The van der Waals surface area contributed by atoms with Crippen LogP contribution in [0.2, 0.25) is 0 Å². The standard InChI is InChI=1S/C17H24N2O2/c1-12(13-9-18-10-13)16(20)19-11-17(7-8-17)14-5-3-4-6-15(14)21-2/h3-6,12-13,18H,7-11H2,1-2H3,(H,19,20). The minimum atomic E-state index is 0.0832. The van der Waals surface area contributed by atoms with Gasteiger partial charge in [0, 0.05) is 23.4 Å². The van der Waals surface area contributed by atoms with E-state index >= 15 is 0 Å². The molecular formula is C17H24N2O2. The number of benzene rings is 1. The molecule has 1 atom stereocenters. The van der Waals surface area contributed by atoms with Gasteiger partial charge in [-0.25, -0.2) is 0 Å². The zero-order chi connectivity index (χ0) is 14.9. The molecule has 1 unspecified atom stereocenters. The van der Waals surface area contributed by atoms with Crippen molar-refractivity contribution in [3.8, 4) is 5.75 Å². The van der Waals surface area contributed by atoms with E-state index in [1.54, 1.807) is 7.11 Å². The van der Waals surface area contributed by atoms with Crippen molar-refractivity contribution in [2.45, 2.75) is 25.2 Å². The molecule has 21 heavy (non-hydrogen) atoms. The highest BCUT2D eigenvalue weighted by atomic mass is 16.5. The van der Waals surface area contributed by atoms with Crippen LogP contribution in [0.1, 0.15) is 25.3 Å². The van der Waals surface area contributed by atoms with Crippen molar-refractivity contribution in [2.75, 3.05) is 26.7 Å². The Kier molecular flexibility index (Phi) is 3.89. The van der Waals surface area contributed by atoms with Crippen LogP contribution in [-0.4, -0.2) is 32.7 Å². The van der Waals surface area contributed by atoms with Gasteiger partial charge in [0.2, 0.25) is 5.91 Å². The summed E-state index contributed by atoms with van der Waals surface area (Å²) in [5, 5.41) is 6.39. The van der Waals surface area contributed by atoms with E-state index in [-0.39, 0.29) is 17.2 Å². The van der Waals surface area contributed by atoms with Gasteiger partial charge in [-0.15, -0.1) is 0 Å². The lowest BCUT2D eigenvalue weighted by atomic mass is 9.88. The minimum absolute atomic E-state index is 0.0832. The van der Waals surface area contributed by atoms with Gasteiger partial charge in [0.15, 0.2) is 0 Å². The topological polar surface area (TPSA) is 50.4 Å². The predicted octanol–water partition coefficient (Wildman–Crippen LogP) is 1.70. The lowest BCUT2D eigenvalue weighted by Gasteiger charge is -2.32. The molecule has 2 fully saturated rings. The lowest BCUT2D eigenvalue weighted by Crippen LogP contribution is -2.50. The van der Waals surface area contributed by atoms with Crippen molar-refractivity contribution < 1.29 is 9.53 Å². The Morgan fingerprint density at radius 1 is 1.43 bits per heavy atom. The Morgan fingerprint density at radius 3 is 2.71 bits per heavy atom. The van der Waals surface area contributed by atoms with E-state index < -0.39 is 0 Å². The fourth-order valence-electron chi connectivity index (χ4n) is 3.07. The normalized spacial score (nSPS) is 21.2. The van der Waals surface area contributed by atoms with Gasteiger partial charge >= 0.3 is 0 Å². The molecule has 0 radical (unpaired) electrons. The van der Waals surface area contributed by atoms with Gasteiger partial charge < -0.3 is 15.4 Å². The average Bonchev–Trinajstić information content (AvgIpc) is 3.24. The summed E-state index contributed by atoms with van der Waals surface area (Å²) < 4.78 is 5.47. The first-order valence-corrected chi connectivity index (χ1v) is 7.78. The summed E-state index contributed by atoms with van der Waals surface area (Å²) in [5.41, 5.74) is 1.31. The molecule has 4 nitrogen and oxygen atoms in total. The molecule has 1 heterocycles. The van der Waals surface area contributed by atoms with E-state index in [4.69, 9.17) is 4.74 Å². The van der Waals surface area contributed by atoms with Crippen LogP contribution in [0.25, 0.3) is 0 Å². The maximum Gasteiger partial charge on any atom is 0.223 e. The SMILES string of the molecule is COc1ccccc1C1(CNC(=O)C(C)C2CNC2)CC1. The number of amides is 1. The van der Waals surface area contributed by atoms with Gasteiger partial charge in [-0.2, -0.15) is 0 Å². The van der Waals surface area contributed by atoms with Gasteiger partial charge in [-0.3, -0.25) is 4.79 Å². The first-order valence-electron chi connectivity index (χ1n) is 7.78. The highest BCUT2D eigenvalue weighted by Gasteiger charge is 2.46. The van der Waals surface area contributed by atoms with Crippen molar-refractivity contribution in [1.29, 1.82) is 0 Å². The first kappa shape index (κ1) is 14.4. The van der Waals surface area contributed by atoms with E-state index in [1.807, 2.05) is 25.1 Å². The molecule has 2 aliphatic rings. The summed E-state index contributed by atoms with van der Waals surface area (Å²) in [6, 6.07) is 8.15. The molecule has 1 aliphatic carbocycles. The summed E-state index contributed by atoms with van der Waals surface area (Å²) >= 11 is 0. The van der Waals surface area contributed by atoms with Crippen molar-refractivity contribution in [3.05, 3.63) is 29.8 Å². The molecule has 1 amide bonds. The van der Waals surface area contributed by atoms with Crippen molar-refractivity contribution >= 4 is 5.91 Å². The van der Waals surface area contributed by atoms with Gasteiger partial charge in [0.05, 0.1) is 7.11 Å². The molecule has 4 heteroatoms. The van der Waals surface area contributed by atoms with Crippen molar-refractivity contribution in [3.63, 3.8) is 0 Å². The number of hydrogen-bond acceptors (Lipinski definition) is 3. The third kappa shape index (κ3) is 2.77. The summed E-state index contributed by atoms with van der Waals surface area (Å²) in [4.78, 5) is 12.3. The van der Waals surface area contributed by atoms with Crippen molar-refractivity contribution in [2.24, 2.45) is 11.8 Å². The second-order valence-electron chi connectivity index (χ2n) is 6.41. The van der Waals surface area contributed by atoms with Gasteiger partial charge in [0.1, 0.15) is 5.75 Å². The number of carbonyl (C=O) groups excluding carboxylic acids is 1. The zero-order valence-electron chi connectivity index (χ0n) is 12.8. The van der Waals surface area contributed by atoms with Gasteiger partial charge in [-0.05, 0) is 37.9 Å². The highest BCUT2D eigenvalue weighted by molar-refractivity contribution is 5.79. The van der Waals surface area contributed by atoms with E-state index in [1.165, 1.54) is 5.56 Å². The average molecular weight is 288 g/mol. The highest BCUT2D eigenvalue weighted by Crippen LogP contribution is 2.50. The molecule has 114 valence electrons. The molecule has 1 aromatic carbocycles. The van der Waals surface area contributed by atoms with E-state index in [2.05, 4.69) is 16.7 Å². The van der Waals surface area contributed by atoms with Crippen molar-refractivity contribution in [1.82, 2.24) is 10.6 Å². The number of ether oxygens (including phenoxy) is 1. The number of methoxy groups -OCH3 is 1. The van der Waals surface area contributed by atoms with Crippen LogP contribution in [0, 0.1) is 11.8 Å². The van der Waals surface area contributed by atoms with Crippen LogP contribution >= 0.6 is 0 Å². The molecule has 1 saturated carbocycles. The van der Waals surface area contributed by atoms with Crippen LogP contribution in [0.3, 0.4) is 0 Å². The lowest BCUT2D eigenvalue weighted by molar-refractivity contribution is -0.126. The van der Waals surface area contributed by atoms with Crippen LogP contribution in [0.4, 0.5) is 0 Å². The van der Waals surface area contributed by atoms with E-state index in [0.29, 0.717) is 5.92 Å². The van der Waals surface area contributed by atoms with Crippen LogP contribution < -0.4 is 15.4 Å². The molecule has 0 bridgehead atoms. The van der Waals surface area contributed by atoms with Crippen LogP contribution in [0.15, 0.2) is 24.3 Å². The quantitative estimate of drug-likeness (QED) is 0.837. The summed E-state index contributed by atoms with van der Waals surface area (Å²) in [6.45, 7) is 4.68. The van der Waals surface area contributed by atoms with Gasteiger partial charge in [0.25, 0.3) is 0 Å². The zero-order valence-corrected chi connectivity index (χ0v) is 12.8. The molecule has 1 aliphatic heterocycles. The molecule has 1 saturated heterocycles. The monoisotopic (exact) mass is 288 g/mol. The summed E-state index contributed by atoms with van der Waals surface area (Å²) in [5.74, 6) is 1.70. The molecule has 0 aromatic heterocycles. The first-order chi connectivity index (χ1) is 10.2. The molecule has 3 rings (SSSR count).